The first kappa shape index (κ1) is 40.3. The number of methoxy groups -OCH3 is 1. The number of esters is 1. The fourth-order valence-electron chi connectivity index (χ4n) is 7.48. The van der Waals surface area contributed by atoms with E-state index < -0.39 is 31.1 Å². The van der Waals surface area contributed by atoms with E-state index in [0.717, 1.165) is 28.3 Å². The van der Waals surface area contributed by atoms with E-state index in [-0.39, 0.29) is 28.5 Å². The number of unbranched alkanes of at least 4 members (excludes halogenated alkanes) is 1. The zero-order chi connectivity index (χ0) is 38.6. The monoisotopic (exact) mass is 768 g/mol. The summed E-state index contributed by atoms with van der Waals surface area (Å²) in [5, 5.41) is 0. The van der Waals surface area contributed by atoms with Crippen molar-refractivity contribution in [3.63, 3.8) is 0 Å². The molecule has 0 saturated carbocycles. The predicted octanol–water partition coefficient (Wildman–Crippen LogP) is 6.06. The number of rotatable bonds is 16. The highest BCUT2D eigenvalue weighted by Gasteiger charge is 2.45. The molecule has 1 unspecified atom stereocenters. The van der Waals surface area contributed by atoms with E-state index in [1.54, 1.807) is 12.1 Å². The number of benzene rings is 2. The Morgan fingerprint density at radius 3 is 2.40 bits per heavy atom. The van der Waals surface area contributed by atoms with Crippen LogP contribution in [-0.2, 0) is 50.1 Å². The zero-order valence-electron chi connectivity index (χ0n) is 30.6. The van der Waals surface area contributed by atoms with Crippen molar-refractivity contribution < 1.29 is 49.5 Å². The van der Waals surface area contributed by atoms with Crippen LogP contribution in [-0.4, -0.2) is 81.9 Å². The van der Waals surface area contributed by atoms with Gasteiger partial charge in [0.25, 0.3) is 10.1 Å². The van der Waals surface area contributed by atoms with Crippen LogP contribution in [0.15, 0.2) is 94.9 Å². The lowest BCUT2D eigenvalue weighted by Gasteiger charge is -2.31. The van der Waals surface area contributed by atoms with E-state index in [4.69, 9.17) is 14.2 Å². The topological polar surface area (TPSA) is 163 Å². The summed E-state index contributed by atoms with van der Waals surface area (Å²) in [4.78, 5) is 13.5. The molecular weight excluding hydrogens is 721 g/mol. The highest BCUT2D eigenvalue weighted by atomic mass is 32.2. The van der Waals surface area contributed by atoms with E-state index in [2.05, 4.69) is 16.1 Å². The summed E-state index contributed by atoms with van der Waals surface area (Å²) < 4.78 is 88.5. The Morgan fingerprint density at radius 1 is 1.04 bits per heavy atom. The fourth-order valence-corrected chi connectivity index (χ4v) is 8.49. The van der Waals surface area contributed by atoms with Gasteiger partial charge in [0.1, 0.15) is 10.1 Å². The Labute approximate surface area is 312 Å². The van der Waals surface area contributed by atoms with Gasteiger partial charge >= 0.3 is 5.97 Å². The van der Waals surface area contributed by atoms with Gasteiger partial charge < -0.3 is 23.7 Å². The predicted molar refractivity (Wildman–Crippen MR) is 200 cm³/mol. The maximum Gasteiger partial charge on any atom is 0.305 e. The minimum Gasteiger partial charge on any atom is -0.744 e. The van der Waals surface area contributed by atoms with Crippen LogP contribution in [0.4, 0.5) is 11.4 Å². The van der Waals surface area contributed by atoms with Crippen molar-refractivity contribution in [1.82, 2.24) is 0 Å². The van der Waals surface area contributed by atoms with Gasteiger partial charge in [-0.3, -0.25) is 9.35 Å². The fraction of sp³-hybridized carbons (Fsp3) is 0.436. The lowest BCUT2D eigenvalue weighted by molar-refractivity contribution is -0.436. The second-order valence-electron chi connectivity index (χ2n) is 14.0. The van der Waals surface area contributed by atoms with Crippen molar-refractivity contribution >= 4 is 43.3 Å². The first-order valence-electron chi connectivity index (χ1n) is 17.6. The summed E-state index contributed by atoms with van der Waals surface area (Å²) in [5.41, 5.74) is 3.65. The second kappa shape index (κ2) is 16.2. The average Bonchev–Trinajstić information content (AvgIpc) is 3.76. The largest absolute Gasteiger partial charge is 0.744 e. The highest BCUT2D eigenvalue weighted by Crippen LogP contribution is 2.51. The molecule has 1 atom stereocenters. The number of nitrogens with zero attached hydrogens (tertiary/aromatic N) is 2. The van der Waals surface area contributed by atoms with E-state index in [0.29, 0.717) is 64.0 Å². The van der Waals surface area contributed by atoms with Crippen molar-refractivity contribution in [3.05, 3.63) is 96.3 Å². The van der Waals surface area contributed by atoms with Gasteiger partial charge in [-0.25, -0.2) is 8.42 Å². The third-order valence-corrected chi connectivity index (χ3v) is 11.9. The van der Waals surface area contributed by atoms with E-state index >= 15 is 0 Å². The Morgan fingerprint density at radius 2 is 1.74 bits per heavy atom. The van der Waals surface area contributed by atoms with Crippen LogP contribution in [0, 0.1) is 0 Å². The van der Waals surface area contributed by atoms with Gasteiger partial charge in [-0.1, -0.05) is 30.7 Å². The molecular formula is C39H48N2O10S2. The second-order valence-corrected chi connectivity index (χ2v) is 16.9. The summed E-state index contributed by atoms with van der Waals surface area (Å²) in [6.45, 7) is 12.0. The molecule has 2 aromatic rings. The summed E-state index contributed by atoms with van der Waals surface area (Å²) in [7, 11) is -7.76. The molecule has 2 aromatic carbocycles. The van der Waals surface area contributed by atoms with Crippen LogP contribution in [0.2, 0.25) is 0 Å². The summed E-state index contributed by atoms with van der Waals surface area (Å²) in [5.74, 6) is -0.307. The summed E-state index contributed by atoms with van der Waals surface area (Å²) in [6, 6.07) is 9.13. The van der Waals surface area contributed by atoms with Crippen LogP contribution in [0.25, 0.3) is 0 Å². The average molecular weight is 769 g/mol. The van der Waals surface area contributed by atoms with Gasteiger partial charge in [0, 0.05) is 60.3 Å². The maximum atomic E-state index is 12.2. The molecule has 53 heavy (non-hydrogen) atoms. The number of hydrogen-bond donors (Lipinski definition) is 1. The van der Waals surface area contributed by atoms with E-state index in [9.17, 15) is 30.7 Å². The van der Waals surface area contributed by atoms with Gasteiger partial charge in [0.15, 0.2) is 18.5 Å². The van der Waals surface area contributed by atoms with Crippen LogP contribution in [0.1, 0.15) is 70.4 Å². The third-order valence-electron chi connectivity index (χ3n) is 10.3. The summed E-state index contributed by atoms with van der Waals surface area (Å²) in [6.07, 6.45) is 14.4. The van der Waals surface area contributed by atoms with E-state index in [1.807, 2.05) is 57.2 Å². The van der Waals surface area contributed by atoms with Crippen molar-refractivity contribution in [2.75, 3.05) is 38.3 Å². The third kappa shape index (κ3) is 8.74. The number of allylic oxidation sites excluding steroid dienone is 6. The molecule has 12 nitrogen and oxygen atoms in total. The molecule has 0 aliphatic carbocycles. The van der Waals surface area contributed by atoms with E-state index in [1.165, 1.54) is 31.4 Å². The molecule has 14 heteroatoms. The van der Waals surface area contributed by atoms with Gasteiger partial charge in [-0.05, 0) is 75.6 Å². The van der Waals surface area contributed by atoms with Crippen molar-refractivity contribution in [3.8, 4) is 0 Å². The van der Waals surface area contributed by atoms with Crippen LogP contribution in [0.3, 0.4) is 0 Å². The lowest BCUT2D eigenvalue weighted by atomic mass is 9.77. The Hall–Kier alpha value is -3.92. The molecule has 1 fully saturated rings. The van der Waals surface area contributed by atoms with Crippen LogP contribution in [0.5, 0.6) is 0 Å². The first-order chi connectivity index (χ1) is 25.0. The normalized spacial score (nSPS) is 20.9. The molecule has 0 aromatic heterocycles. The number of carbonyl (C=O) groups is 1. The Balaban J connectivity index is 1.52. The number of carbonyl (C=O) groups excluding carboxylic acids is 1. The molecule has 5 rings (SSSR count). The highest BCUT2D eigenvalue weighted by molar-refractivity contribution is 7.86. The van der Waals surface area contributed by atoms with Crippen molar-refractivity contribution in [2.45, 2.75) is 86.2 Å². The zero-order valence-corrected chi connectivity index (χ0v) is 32.2. The van der Waals surface area contributed by atoms with Crippen LogP contribution < -0.4 is 4.90 Å². The Bertz CT molecular complexity index is 2080. The molecule has 1 N–H and O–H groups in total. The molecule has 3 aliphatic heterocycles. The smallest absolute Gasteiger partial charge is 0.305 e. The minimum atomic E-state index is -4.72. The molecule has 286 valence electrons. The number of ether oxygens (including phenoxy) is 3. The van der Waals surface area contributed by atoms with Gasteiger partial charge in [-0.2, -0.15) is 13.0 Å². The van der Waals surface area contributed by atoms with Crippen LogP contribution >= 0.6 is 0 Å². The number of fused-ring (bicyclic) bond motifs is 2. The number of anilines is 1. The summed E-state index contributed by atoms with van der Waals surface area (Å²) >= 11 is 0. The SMILES string of the molecule is C=CCC[N+]1=C(C=CC=CC=C2N(CCC3OCCO3)c3ccc(S(=O)(=O)[O-])cc3C2(C)CCCCC(=O)OC)C(C)(C)c2cc(S(=O)(=O)O)ccc21. The van der Waals surface area contributed by atoms with Gasteiger partial charge in [-0.15, -0.1) is 6.58 Å². The maximum absolute atomic E-state index is 12.2. The minimum absolute atomic E-state index is 0.161. The molecule has 0 radical (unpaired) electrons. The van der Waals surface area contributed by atoms with Gasteiger partial charge in [0.2, 0.25) is 5.69 Å². The molecule has 0 bridgehead atoms. The molecule has 0 amide bonds. The first-order valence-corrected chi connectivity index (χ1v) is 20.5. The van der Waals surface area contributed by atoms with Crippen molar-refractivity contribution in [1.29, 1.82) is 0 Å². The quantitative estimate of drug-likeness (QED) is 0.0528. The molecule has 1 saturated heterocycles. The van der Waals surface area contributed by atoms with Crippen molar-refractivity contribution in [2.24, 2.45) is 0 Å². The molecule has 0 spiro atoms. The number of hydrogen-bond acceptors (Lipinski definition) is 10. The standard InChI is InChI=1S/C39H48N2O10S2/c1-6-7-22-40-32-18-16-28(52(43,44)45)26-30(32)38(2,3)34(40)13-9-8-10-14-35-39(4,21-12-11-15-36(42)49-5)31-27-29(53(46,47)48)17-19-33(31)41(35)23-20-37-50-24-25-51-37/h6,8-10,13-14,16-19,26-27,37H,1,7,11-12,15,20-25H2,2-5H3,(H-,43,44,45,46,47,48). The lowest BCUT2D eigenvalue weighted by Crippen LogP contribution is -2.31. The molecule has 3 aliphatic rings. The van der Waals surface area contributed by atoms with Gasteiger partial charge in [0.05, 0.1) is 35.5 Å². The molecule has 3 heterocycles. The Kier molecular flexibility index (Phi) is 12.3.